The van der Waals surface area contributed by atoms with E-state index >= 15 is 0 Å². The van der Waals surface area contributed by atoms with Gasteiger partial charge < -0.3 is 28.4 Å². The fourth-order valence-corrected chi connectivity index (χ4v) is 3.35. The molecule has 0 fully saturated rings. The van der Waals surface area contributed by atoms with Gasteiger partial charge in [0.1, 0.15) is 11.7 Å². The maximum atomic E-state index is 12.9. The van der Waals surface area contributed by atoms with Crippen molar-refractivity contribution in [2.24, 2.45) is 0 Å². The smallest absolute Gasteiger partial charge is 0.343 e. The molecule has 0 aliphatic carbocycles. The summed E-state index contributed by atoms with van der Waals surface area (Å²) in [6.45, 7) is 0. The maximum Gasteiger partial charge on any atom is 0.343 e. The minimum absolute atomic E-state index is 0.0487. The summed E-state index contributed by atoms with van der Waals surface area (Å²) in [4.78, 5) is 25.3. The lowest BCUT2D eigenvalue weighted by Crippen LogP contribution is -2.08. The zero-order chi connectivity index (χ0) is 21.1. The highest BCUT2D eigenvalue weighted by Crippen LogP contribution is 2.44. The van der Waals surface area contributed by atoms with Crippen molar-refractivity contribution in [1.29, 1.82) is 0 Å². The lowest BCUT2D eigenvalue weighted by atomic mass is 9.97. The van der Waals surface area contributed by atoms with E-state index < -0.39 is 12.1 Å². The zero-order valence-electron chi connectivity index (χ0n) is 16.9. The van der Waals surface area contributed by atoms with E-state index in [0.717, 1.165) is 0 Å². The molecular weight excluding hydrogens is 380 g/mol. The normalized spacial score (nSPS) is 14.7. The molecule has 2 aromatic rings. The summed E-state index contributed by atoms with van der Waals surface area (Å²) in [6, 6.07) is 6.51. The van der Waals surface area contributed by atoms with E-state index in [9.17, 15) is 9.59 Å². The van der Waals surface area contributed by atoms with Gasteiger partial charge in [0.25, 0.3) is 0 Å². The number of ether oxygens (including phenoxy) is 6. The van der Waals surface area contributed by atoms with Gasteiger partial charge in [-0.15, -0.1) is 0 Å². The molecule has 0 spiro atoms. The number of esters is 1. The first-order chi connectivity index (χ1) is 14.0. The molecule has 0 bridgehead atoms. The zero-order valence-corrected chi connectivity index (χ0v) is 16.9. The van der Waals surface area contributed by atoms with Crippen molar-refractivity contribution in [3.05, 3.63) is 41.0 Å². The molecule has 3 rings (SSSR count). The average molecular weight is 402 g/mol. The Bertz CT molecular complexity index is 925. The molecule has 0 saturated heterocycles. The molecule has 1 heterocycles. The number of benzene rings is 2. The molecule has 1 aliphatic rings. The van der Waals surface area contributed by atoms with Gasteiger partial charge in [-0.05, 0) is 18.2 Å². The van der Waals surface area contributed by atoms with Crippen molar-refractivity contribution in [2.45, 2.75) is 12.5 Å². The second kappa shape index (κ2) is 8.30. The summed E-state index contributed by atoms with van der Waals surface area (Å²) < 4.78 is 31.9. The number of fused-ring (bicyclic) bond motifs is 1. The van der Waals surface area contributed by atoms with Crippen molar-refractivity contribution < 1.29 is 38.0 Å². The Labute approximate surface area is 168 Å². The van der Waals surface area contributed by atoms with Gasteiger partial charge in [0, 0.05) is 11.1 Å². The van der Waals surface area contributed by atoms with E-state index in [0.29, 0.717) is 34.1 Å². The van der Waals surface area contributed by atoms with Crippen LogP contribution in [-0.4, -0.2) is 47.3 Å². The molecular formula is C21H22O8. The van der Waals surface area contributed by atoms with E-state index in [1.807, 2.05) is 0 Å². The fraction of sp³-hybridized carbons (Fsp3) is 0.333. The quantitative estimate of drug-likeness (QED) is 0.491. The first kappa shape index (κ1) is 20.3. The molecule has 8 nitrogen and oxygen atoms in total. The topological polar surface area (TPSA) is 89.5 Å². The number of Topliss-reactive ketones (excluding diaryl/α,β-unsaturated/α-hetero) is 1. The molecule has 0 N–H and O–H groups in total. The van der Waals surface area contributed by atoms with E-state index in [1.54, 1.807) is 24.3 Å². The lowest BCUT2D eigenvalue weighted by molar-refractivity contribution is 0.0365. The Hall–Kier alpha value is -3.42. The standard InChI is InChI=1S/C21H22O8/c1-24-14-7-6-12-15(29-21(23)18(12)20(14)28-5)10-13(22)11-8-16(25-2)19(27-4)17(9-11)26-3/h6-9,15H,10H2,1-5H3/t15-/m1/s1. The van der Waals surface area contributed by atoms with Crippen molar-refractivity contribution >= 4 is 11.8 Å². The summed E-state index contributed by atoms with van der Waals surface area (Å²) >= 11 is 0. The van der Waals surface area contributed by atoms with Crippen molar-refractivity contribution in [2.75, 3.05) is 35.5 Å². The highest BCUT2D eigenvalue weighted by molar-refractivity contribution is 6.01. The Morgan fingerprint density at radius 3 is 1.97 bits per heavy atom. The molecule has 1 aliphatic heterocycles. The van der Waals surface area contributed by atoms with Crippen molar-refractivity contribution in [3.8, 4) is 28.7 Å². The first-order valence-corrected chi connectivity index (χ1v) is 8.78. The summed E-state index contributed by atoms with van der Waals surface area (Å²) in [6.07, 6.45) is -0.781. The van der Waals surface area contributed by atoms with E-state index in [2.05, 4.69) is 0 Å². The van der Waals surface area contributed by atoms with E-state index in [-0.39, 0.29) is 23.5 Å². The number of carbonyl (C=O) groups excluding carboxylic acids is 2. The van der Waals surface area contributed by atoms with Crippen LogP contribution in [0.3, 0.4) is 0 Å². The molecule has 0 aromatic heterocycles. The second-order valence-electron chi connectivity index (χ2n) is 6.20. The van der Waals surface area contributed by atoms with Crippen LogP contribution in [0, 0.1) is 0 Å². The van der Waals surface area contributed by atoms with Gasteiger partial charge in [-0.1, -0.05) is 6.07 Å². The van der Waals surface area contributed by atoms with Gasteiger partial charge in [-0.3, -0.25) is 4.79 Å². The van der Waals surface area contributed by atoms with E-state index in [4.69, 9.17) is 28.4 Å². The number of hydrogen-bond acceptors (Lipinski definition) is 8. The van der Waals surface area contributed by atoms with Crippen LogP contribution in [0.2, 0.25) is 0 Å². The third kappa shape index (κ3) is 3.53. The number of carbonyl (C=O) groups is 2. The van der Waals surface area contributed by atoms with Gasteiger partial charge in [0.15, 0.2) is 28.8 Å². The third-order valence-corrected chi connectivity index (χ3v) is 4.74. The van der Waals surface area contributed by atoms with Crippen LogP contribution in [0.1, 0.15) is 38.8 Å². The fourth-order valence-electron chi connectivity index (χ4n) is 3.35. The minimum Gasteiger partial charge on any atom is -0.493 e. The molecule has 8 heteroatoms. The second-order valence-corrected chi connectivity index (χ2v) is 6.20. The highest BCUT2D eigenvalue weighted by atomic mass is 16.6. The lowest BCUT2D eigenvalue weighted by Gasteiger charge is -2.15. The molecule has 0 saturated carbocycles. The number of rotatable bonds is 8. The predicted octanol–water partition coefficient (Wildman–Crippen LogP) is 3.21. The van der Waals surface area contributed by atoms with Crippen molar-refractivity contribution in [1.82, 2.24) is 0 Å². The maximum absolute atomic E-state index is 12.9. The Morgan fingerprint density at radius 2 is 1.45 bits per heavy atom. The number of ketones is 1. The van der Waals surface area contributed by atoms with Crippen LogP contribution in [-0.2, 0) is 4.74 Å². The van der Waals surface area contributed by atoms with Crippen LogP contribution in [0.15, 0.2) is 24.3 Å². The predicted molar refractivity (Wildman–Crippen MR) is 103 cm³/mol. The summed E-state index contributed by atoms with van der Waals surface area (Å²) in [5.41, 5.74) is 1.20. The SMILES string of the molecule is COc1cc(C(=O)C[C@H]2OC(=O)c3c2ccc(OC)c3OC)cc(OC)c1OC. The van der Waals surface area contributed by atoms with Crippen molar-refractivity contribution in [3.63, 3.8) is 0 Å². The highest BCUT2D eigenvalue weighted by Gasteiger charge is 2.37. The van der Waals surface area contributed by atoms with Gasteiger partial charge in [0.05, 0.1) is 42.0 Å². The Morgan fingerprint density at radius 1 is 0.862 bits per heavy atom. The molecule has 1 atom stereocenters. The van der Waals surface area contributed by atoms with Crippen LogP contribution >= 0.6 is 0 Å². The number of hydrogen-bond donors (Lipinski definition) is 0. The van der Waals surface area contributed by atoms with Gasteiger partial charge in [-0.25, -0.2) is 4.79 Å². The summed E-state index contributed by atoms with van der Waals surface area (Å²) in [7, 11) is 7.36. The average Bonchev–Trinajstić information content (AvgIpc) is 3.06. The number of methoxy groups -OCH3 is 5. The minimum atomic E-state index is -0.733. The van der Waals surface area contributed by atoms with Crippen LogP contribution in [0.25, 0.3) is 0 Å². The molecule has 2 aromatic carbocycles. The van der Waals surface area contributed by atoms with Crippen LogP contribution in [0.4, 0.5) is 0 Å². The molecule has 29 heavy (non-hydrogen) atoms. The van der Waals surface area contributed by atoms with Crippen LogP contribution in [0.5, 0.6) is 28.7 Å². The molecule has 0 radical (unpaired) electrons. The van der Waals surface area contributed by atoms with Gasteiger partial charge in [-0.2, -0.15) is 0 Å². The molecule has 0 unspecified atom stereocenters. The van der Waals surface area contributed by atoms with E-state index in [1.165, 1.54) is 35.5 Å². The largest absolute Gasteiger partial charge is 0.493 e. The Kier molecular flexibility index (Phi) is 5.81. The first-order valence-electron chi connectivity index (χ1n) is 8.78. The number of cyclic esters (lactones) is 1. The van der Waals surface area contributed by atoms with Gasteiger partial charge in [0.2, 0.25) is 5.75 Å². The van der Waals surface area contributed by atoms with Crippen LogP contribution < -0.4 is 23.7 Å². The van der Waals surface area contributed by atoms with Gasteiger partial charge >= 0.3 is 5.97 Å². The summed E-state index contributed by atoms with van der Waals surface area (Å²) in [5, 5.41) is 0. The molecule has 154 valence electrons. The summed E-state index contributed by atoms with van der Waals surface area (Å²) in [5.74, 6) is 1.03. The molecule has 0 amide bonds. The third-order valence-electron chi connectivity index (χ3n) is 4.74. The monoisotopic (exact) mass is 402 g/mol. The Balaban J connectivity index is 1.93.